The SMILES string of the molecule is CCn1cc(C(C(=O)N(C)C(=N)N)c2cccc(-c3cccnc3F)c2)cn1. The number of guanidine groups is 1. The second-order valence-electron chi connectivity index (χ2n) is 6.31. The van der Waals surface area contributed by atoms with E-state index < -0.39 is 11.9 Å². The molecule has 2 heterocycles. The van der Waals surface area contributed by atoms with Crippen LogP contribution in [0.25, 0.3) is 11.1 Å². The van der Waals surface area contributed by atoms with Crippen LogP contribution in [-0.4, -0.2) is 38.6 Å². The van der Waals surface area contributed by atoms with E-state index in [0.29, 0.717) is 28.8 Å². The van der Waals surface area contributed by atoms with Crippen LogP contribution in [0.5, 0.6) is 0 Å². The summed E-state index contributed by atoms with van der Waals surface area (Å²) in [5.41, 5.74) is 7.78. The number of likely N-dealkylation sites (N-methyl/N-ethyl adjacent to an activating group) is 1. The third kappa shape index (κ3) is 3.75. The van der Waals surface area contributed by atoms with Crippen molar-refractivity contribution in [3.8, 4) is 11.1 Å². The first kappa shape index (κ1) is 19.2. The van der Waals surface area contributed by atoms with Gasteiger partial charge in [-0.2, -0.15) is 9.49 Å². The maximum Gasteiger partial charge on any atom is 0.241 e. The third-order valence-corrected chi connectivity index (χ3v) is 4.54. The van der Waals surface area contributed by atoms with Gasteiger partial charge in [0, 0.05) is 37.1 Å². The van der Waals surface area contributed by atoms with E-state index >= 15 is 0 Å². The summed E-state index contributed by atoms with van der Waals surface area (Å²) < 4.78 is 15.8. The van der Waals surface area contributed by atoms with E-state index in [-0.39, 0.29) is 11.9 Å². The molecule has 1 unspecified atom stereocenters. The molecule has 0 aliphatic rings. The van der Waals surface area contributed by atoms with Crippen molar-refractivity contribution in [3.05, 3.63) is 72.1 Å². The molecule has 0 radical (unpaired) electrons. The highest BCUT2D eigenvalue weighted by atomic mass is 19.1. The highest BCUT2D eigenvalue weighted by Gasteiger charge is 2.28. The zero-order valence-corrected chi connectivity index (χ0v) is 15.6. The van der Waals surface area contributed by atoms with Crippen LogP contribution in [0, 0.1) is 11.4 Å². The van der Waals surface area contributed by atoms with Gasteiger partial charge in [0.1, 0.15) is 0 Å². The normalized spacial score (nSPS) is 11.8. The summed E-state index contributed by atoms with van der Waals surface area (Å²) >= 11 is 0. The number of benzene rings is 1. The first-order valence-corrected chi connectivity index (χ1v) is 8.77. The summed E-state index contributed by atoms with van der Waals surface area (Å²) in [7, 11) is 1.45. The number of rotatable bonds is 5. The zero-order chi connectivity index (χ0) is 20.3. The number of carbonyl (C=O) groups is 1. The van der Waals surface area contributed by atoms with Gasteiger partial charge in [-0.15, -0.1) is 0 Å². The summed E-state index contributed by atoms with van der Waals surface area (Å²) in [6.07, 6.45) is 4.79. The smallest absolute Gasteiger partial charge is 0.241 e. The van der Waals surface area contributed by atoms with Crippen LogP contribution in [0.1, 0.15) is 24.0 Å². The number of aryl methyl sites for hydroxylation is 1. The summed E-state index contributed by atoms with van der Waals surface area (Å²) in [4.78, 5) is 17.9. The first-order chi connectivity index (χ1) is 13.4. The molecule has 3 aromatic rings. The van der Waals surface area contributed by atoms with Gasteiger partial charge >= 0.3 is 0 Å². The lowest BCUT2D eigenvalue weighted by Crippen LogP contribution is -2.41. The van der Waals surface area contributed by atoms with E-state index in [4.69, 9.17) is 11.1 Å². The Labute approximate surface area is 162 Å². The van der Waals surface area contributed by atoms with Crippen molar-refractivity contribution >= 4 is 11.9 Å². The predicted molar refractivity (Wildman–Crippen MR) is 104 cm³/mol. The number of aromatic nitrogens is 3. The highest BCUT2D eigenvalue weighted by molar-refractivity contribution is 5.99. The lowest BCUT2D eigenvalue weighted by atomic mass is 9.90. The molecule has 0 fully saturated rings. The minimum absolute atomic E-state index is 0.347. The van der Waals surface area contributed by atoms with Crippen LogP contribution in [0.3, 0.4) is 0 Å². The number of pyridine rings is 1. The Bertz CT molecular complexity index is 1020. The van der Waals surface area contributed by atoms with E-state index in [1.165, 1.54) is 13.2 Å². The fourth-order valence-corrected chi connectivity index (χ4v) is 2.98. The average molecular weight is 380 g/mol. The number of nitrogens with one attached hydrogen (secondary N) is 1. The molecule has 8 heteroatoms. The number of nitrogens with zero attached hydrogens (tertiary/aromatic N) is 4. The molecule has 144 valence electrons. The maximum atomic E-state index is 14.1. The highest BCUT2D eigenvalue weighted by Crippen LogP contribution is 2.30. The molecule has 0 aliphatic heterocycles. The van der Waals surface area contributed by atoms with Crippen LogP contribution in [-0.2, 0) is 11.3 Å². The van der Waals surface area contributed by atoms with Crippen LogP contribution < -0.4 is 5.73 Å². The number of carbonyl (C=O) groups excluding carboxylic acids is 1. The van der Waals surface area contributed by atoms with E-state index in [9.17, 15) is 9.18 Å². The standard InChI is InChI=1S/C20H21FN6O/c1-3-27-12-15(11-25-27)17(19(28)26(2)20(22)23)14-7-4-6-13(10-14)16-8-5-9-24-18(16)21/h4-12,17H,3H2,1-2H3,(H3,22,23). The first-order valence-electron chi connectivity index (χ1n) is 8.77. The quantitative estimate of drug-likeness (QED) is 0.404. The molecular weight excluding hydrogens is 359 g/mol. The monoisotopic (exact) mass is 380 g/mol. The number of halogens is 1. The Morgan fingerprint density at radius 1 is 1.32 bits per heavy atom. The molecule has 1 aromatic carbocycles. The largest absolute Gasteiger partial charge is 0.370 e. The predicted octanol–water partition coefficient (Wildman–Crippen LogP) is 2.59. The molecule has 1 atom stereocenters. The summed E-state index contributed by atoms with van der Waals surface area (Å²) in [6, 6.07) is 10.3. The van der Waals surface area contributed by atoms with Crippen molar-refractivity contribution in [2.45, 2.75) is 19.4 Å². The molecule has 28 heavy (non-hydrogen) atoms. The van der Waals surface area contributed by atoms with Crippen LogP contribution >= 0.6 is 0 Å². The summed E-state index contributed by atoms with van der Waals surface area (Å²) in [6.45, 7) is 2.60. The number of nitrogens with two attached hydrogens (primary N) is 1. The molecule has 7 nitrogen and oxygen atoms in total. The van der Waals surface area contributed by atoms with Gasteiger partial charge in [-0.05, 0) is 36.2 Å². The van der Waals surface area contributed by atoms with Gasteiger partial charge in [0.05, 0.1) is 12.1 Å². The Morgan fingerprint density at radius 3 is 2.75 bits per heavy atom. The van der Waals surface area contributed by atoms with Gasteiger partial charge in [-0.3, -0.25) is 19.8 Å². The van der Waals surface area contributed by atoms with Crippen LogP contribution in [0.4, 0.5) is 4.39 Å². The van der Waals surface area contributed by atoms with E-state index in [1.807, 2.05) is 6.92 Å². The molecule has 2 aromatic heterocycles. The molecule has 3 N–H and O–H groups in total. The zero-order valence-electron chi connectivity index (χ0n) is 15.6. The fraction of sp³-hybridized carbons (Fsp3) is 0.200. The molecule has 0 bridgehead atoms. The molecule has 0 saturated carbocycles. The van der Waals surface area contributed by atoms with Crippen molar-refractivity contribution in [1.82, 2.24) is 19.7 Å². The third-order valence-electron chi connectivity index (χ3n) is 4.54. The summed E-state index contributed by atoms with van der Waals surface area (Å²) in [5.74, 6) is -2.03. The van der Waals surface area contributed by atoms with Gasteiger partial charge in [0.2, 0.25) is 11.9 Å². The van der Waals surface area contributed by atoms with Crippen molar-refractivity contribution in [2.24, 2.45) is 5.73 Å². The Morgan fingerprint density at radius 2 is 2.11 bits per heavy atom. The molecule has 1 amide bonds. The lowest BCUT2D eigenvalue weighted by Gasteiger charge is -2.22. The van der Waals surface area contributed by atoms with Gasteiger partial charge in [-0.25, -0.2) is 4.98 Å². The van der Waals surface area contributed by atoms with Crippen molar-refractivity contribution < 1.29 is 9.18 Å². The van der Waals surface area contributed by atoms with Gasteiger partial charge < -0.3 is 5.73 Å². The molecule has 0 spiro atoms. The van der Waals surface area contributed by atoms with E-state index in [1.54, 1.807) is 53.5 Å². The molecule has 3 rings (SSSR count). The lowest BCUT2D eigenvalue weighted by molar-refractivity contribution is -0.127. The Hall–Kier alpha value is -3.55. The molecule has 0 saturated heterocycles. The number of hydrogen-bond donors (Lipinski definition) is 2. The van der Waals surface area contributed by atoms with Crippen LogP contribution in [0.2, 0.25) is 0 Å². The fourth-order valence-electron chi connectivity index (χ4n) is 2.98. The minimum atomic E-state index is -0.728. The molecular formula is C20H21FN6O. The summed E-state index contributed by atoms with van der Waals surface area (Å²) in [5, 5.41) is 11.9. The van der Waals surface area contributed by atoms with E-state index in [0.717, 1.165) is 4.90 Å². The Balaban J connectivity index is 2.10. The van der Waals surface area contributed by atoms with Crippen molar-refractivity contribution in [3.63, 3.8) is 0 Å². The van der Waals surface area contributed by atoms with Gasteiger partial charge in [-0.1, -0.05) is 18.2 Å². The second kappa shape index (κ2) is 7.99. The second-order valence-corrected chi connectivity index (χ2v) is 6.31. The topological polar surface area (TPSA) is 101 Å². The minimum Gasteiger partial charge on any atom is -0.370 e. The number of hydrogen-bond acceptors (Lipinski definition) is 4. The van der Waals surface area contributed by atoms with Crippen molar-refractivity contribution in [1.29, 1.82) is 5.41 Å². The Kier molecular flexibility index (Phi) is 5.49. The van der Waals surface area contributed by atoms with Crippen molar-refractivity contribution in [2.75, 3.05) is 7.05 Å². The average Bonchev–Trinajstić information content (AvgIpc) is 3.16. The van der Waals surface area contributed by atoms with Crippen LogP contribution in [0.15, 0.2) is 55.0 Å². The van der Waals surface area contributed by atoms with Gasteiger partial charge in [0.25, 0.3) is 0 Å². The van der Waals surface area contributed by atoms with E-state index in [2.05, 4.69) is 10.1 Å². The maximum absolute atomic E-state index is 14.1. The molecule has 0 aliphatic carbocycles. The van der Waals surface area contributed by atoms with Gasteiger partial charge in [0.15, 0.2) is 5.96 Å². The number of amides is 1.